The zero-order valence-electron chi connectivity index (χ0n) is 11.6. The van der Waals surface area contributed by atoms with Crippen molar-refractivity contribution >= 4 is 18.0 Å². The van der Waals surface area contributed by atoms with E-state index in [0.29, 0.717) is 12.5 Å². The van der Waals surface area contributed by atoms with Crippen molar-refractivity contribution in [2.75, 3.05) is 6.54 Å². The Morgan fingerprint density at radius 3 is 2.25 bits per heavy atom. The van der Waals surface area contributed by atoms with E-state index >= 15 is 0 Å². The quantitative estimate of drug-likeness (QED) is 0.582. The minimum Gasteiger partial charge on any atom is -0.481 e. The summed E-state index contributed by atoms with van der Waals surface area (Å²) in [5, 5.41) is 22.2. The fourth-order valence-electron chi connectivity index (χ4n) is 2.35. The molecule has 0 heterocycles. The van der Waals surface area contributed by atoms with Crippen LogP contribution < -0.4 is 10.6 Å². The minimum absolute atomic E-state index is 0.416. The number of carbonyl (C=O) groups excluding carboxylic acids is 1. The molecule has 1 fully saturated rings. The van der Waals surface area contributed by atoms with Crippen molar-refractivity contribution in [1.29, 1.82) is 0 Å². The summed E-state index contributed by atoms with van der Waals surface area (Å²) < 4.78 is 0. The molecule has 20 heavy (non-hydrogen) atoms. The molecule has 4 N–H and O–H groups in total. The molecule has 114 valence electrons. The maximum atomic E-state index is 11.6. The second kappa shape index (κ2) is 7.72. The lowest BCUT2D eigenvalue weighted by Crippen LogP contribution is -2.48. The van der Waals surface area contributed by atoms with E-state index in [1.807, 2.05) is 0 Å². The van der Waals surface area contributed by atoms with Gasteiger partial charge in [0.15, 0.2) is 0 Å². The van der Waals surface area contributed by atoms with E-state index < -0.39 is 30.4 Å². The Bertz CT molecular complexity index is 364. The molecule has 0 aromatic rings. The predicted molar refractivity (Wildman–Crippen MR) is 71.3 cm³/mol. The van der Waals surface area contributed by atoms with E-state index in [-0.39, 0.29) is 0 Å². The number of carboxylic acid groups (broad SMARTS) is 2. The molecule has 0 aromatic carbocycles. The van der Waals surface area contributed by atoms with Gasteiger partial charge in [-0.2, -0.15) is 0 Å². The number of amides is 2. The molecule has 0 aliphatic heterocycles. The number of rotatable bonds is 6. The Kier molecular flexibility index (Phi) is 6.27. The highest BCUT2D eigenvalue weighted by atomic mass is 16.4. The number of hydrogen-bond donors (Lipinski definition) is 4. The van der Waals surface area contributed by atoms with Crippen LogP contribution in [0.3, 0.4) is 0 Å². The molecular weight excluding hydrogens is 264 g/mol. The zero-order valence-corrected chi connectivity index (χ0v) is 11.6. The third-order valence-corrected chi connectivity index (χ3v) is 3.67. The lowest BCUT2D eigenvalue weighted by atomic mass is 9.83. The largest absolute Gasteiger partial charge is 0.481 e. The van der Waals surface area contributed by atoms with Crippen molar-refractivity contribution in [1.82, 2.24) is 10.6 Å². The summed E-state index contributed by atoms with van der Waals surface area (Å²) in [6.07, 6.45) is 3.76. The molecule has 1 atom stereocenters. The summed E-state index contributed by atoms with van der Waals surface area (Å²) in [5.41, 5.74) is 0. The molecule has 0 spiro atoms. The zero-order chi connectivity index (χ0) is 15.1. The maximum absolute atomic E-state index is 11.6. The summed E-state index contributed by atoms with van der Waals surface area (Å²) in [4.78, 5) is 32.9. The number of nitrogens with one attached hydrogen (secondary N) is 2. The Morgan fingerprint density at radius 1 is 1.15 bits per heavy atom. The predicted octanol–water partition coefficient (Wildman–Crippen LogP) is 1.04. The first-order chi connectivity index (χ1) is 9.38. The van der Waals surface area contributed by atoms with Crippen LogP contribution in [-0.4, -0.2) is 40.8 Å². The molecule has 1 rings (SSSR count). The van der Waals surface area contributed by atoms with Crippen LogP contribution in [0.15, 0.2) is 0 Å². The van der Waals surface area contributed by atoms with E-state index in [9.17, 15) is 14.4 Å². The molecule has 0 saturated heterocycles. The van der Waals surface area contributed by atoms with Crippen LogP contribution >= 0.6 is 0 Å². The van der Waals surface area contributed by atoms with Gasteiger partial charge in [0.25, 0.3) is 0 Å². The van der Waals surface area contributed by atoms with Gasteiger partial charge in [0.05, 0.1) is 6.42 Å². The summed E-state index contributed by atoms with van der Waals surface area (Å²) in [5.74, 6) is -1.47. The van der Waals surface area contributed by atoms with E-state index in [4.69, 9.17) is 10.2 Å². The monoisotopic (exact) mass is 286 g/mol. The van der Waals surface area contributed by atoms with Crippen molar-refractivity contribution in [3.8, 4) is 0 Å². The molecule has 1 unspecified atom stereocenters. The average molecular weight is 286 g/mol. The summed E-state index contributed by atoms with van der Waals surface area (Å²) in [6.45, 7) is 2.71. The molecule has 7 heteroatoms. The highest BCUT2D eigenvalue weighted by Gasteiger charge is 2.24. The average Bonchev–Trinajstić information content (AvgIpc) is 2.36. The van der Waals surface area contributed by atoms with E-state index in [0.717, 1.165) is 31.6 Å². The number of urea groups is 1. The Balaban J connectivity index is 2.31. The van der Waals surface area contributed by atoms with Crippen LogP contribution in [0.4, 0.5) is 4.79 Å². The first kappa shape index (κ1) is 16.3. The molecule has 1 saturated carbocycles. The SMILES string of the molecule is CC1CCC(CNC(=O)NC(CC(=O)O)C(=O)O)CC1. The van der Waals surface area contributed by atoms with Crippen LogP contribution in [0.2, 0.25) is 0 Å². The normalized spacial score (nSPS) is 23.6. The van der Waals surface area contributed by atoms with Crippen molar-refractivity contribution in [3.05, 3.63) is 0 Å². The lowest BCUT2D eigenvalue weighted by Gasteiger charge is -2.26. The number of aliphatic carboxylic acids is 2. The van der Waals surface area contributed by atoms with Crippen molar-refractivity contribution in [3.63, 3.8) is 0 Å². The second-order valence-electron chi connectivity index (χ2n) is 5.47. The molecule has 1 aliphatic carbocycles. The first-order valence-corrected chi connectivity index (χ1v) is 6.87. The van der Waals surface area contributed by atoms with Gasteiger partial charge in [0.2, 0.25) is 0 Å². The van der Waals surface area contributed by atoms with Gasteiger partial charge in [-0.05, 0) is 24.7 Å². The van der Waals surface area contributed by atoms with E-state index in [1.165, 1.54) is 0 Å². The second-order valence-corrected chi connectivity index (χ2v) is 5.47. The van der Waals surface area contributed by atoms with Crippen molar-refractivity contribution in [2.45, 2.75) is 45.1 Å². The van der Waals surface area contributed by atoms with Crippen LogP contribution in [0.1, 0.15) is 39.0 Å². The van der Waals surface area contributed by atoms with Crippen LogP contribution in [0, 0.1) is 11.8 Å². The van der Waals surface area contributed by atoms with Gasteiger partial charge in [0, 0.05) is 6.54 Å². The number of hydrogen-bond acceptors (Lipinski definition) is 3. The van der Waals surface area contributed by atoms with Crippen molar-refractivity contribution in [2.24, 2.45) is 11.8 Å². The van der Waals surface area contributed by atoms with Gasteiger partial charge in [0.1, 0.15) is 6.04 Å². The van der Waals surface area contributed by atoms with Gasteiger partial charge in [-0.15, -0.1) is 0 Å². The van der Waals surface area contributed by atoms with Crippen LogP contribution in [-0.2, 0) is 9.59 Å². The molecule has 1 aliphatic rings. The maximum Gasteiger partial charge on any atom is 0.326 e. The standard InChI is InChI=1S/C13H22N2O5/c1-8-2-4-9(5-3-8)7-14-13(20)15-10(12(18)19)6-11(16)17/h8-10H,2-7H2,1H3,(H,16,17)(H,18,19)(H2,14,15,20). The van der Waals surface area contributed by atoms with Gasteiger partial charge < -0.3 is 20.8 Å². The van der Waals surface area contributed by atoms with E-state index in [1.54, 1.807) is 0 Å². The Labute approximate surface area is 117 Å². The number of carboxylic acids is 2. The summed E-state index contributed by atoms with van der Waals surface area (Å²) in [7, 11) is 0. The third-order valence-electron chi connectivity index (χ3n) is 3.67. The van der Waals surface area contributed by atoms with Crippen molar-refractivity contribution < 1.29 is 24.6 Å². The topological polar surface area (TPSA) is 116 Å². The van der Waals surface area contributed by atoms with Gasteiger partial charge in [-0.1, -0.05) is 19.8 Å². The van der Waals surface area contributed by atoms with Crippen LogP contribution in [0.25, 0.3) is 0 Å². The number of carbonyl (C=O) groups is 3. The van der Waals surface area contributed by atoms with Gasteiger partial charge in [-0.25, -0.2) is 9.59 Å². The summed E-state index contributed by atoms with van der Waals surface area (Å²) in [6, 6.07) is -2.03. The molecule has 0 bridgehead atoms. The van der Waals surface area contributed by atoms with Gasteiger partial charge in [-0.3, -0.25) is 4.79 Å². The molecule has 2 amide bonds. The van der Waals surface area contributed by atoms with Gasteiger partial charge >= 0.3 is 18.0 Å². The minimum atomic E-state index is -1.40. The first-order valence-electron chi connectivity index (χ1n) is 6.87. The van der Waals surface area contributed by atoms with E-state index in [2.05, 4.69) is 17.6 Å². The smallest absolute Gasteiger partial charge is 0.326 e. The summed E-state index contributed by atoms with van der Waals surface area (Å²) >= 11 is 0. The highest BCUT2D eigenvalue weighted by molar-refractivity contribution is 5.86. The fourth-order valence-corrected chi connectivity index (χ4v) is 2.35. The lowest BCUT2D eigenvalue weighted by molar-refractivity contribution is -0.145. The fraction of sp³-hybridized carbons (Fsp3) is 0.769. The molecule has 7 nitrogen and oxygen atoms in total. The highest BCUT2D eigenvalue weighted by Crippen LogP contribution is 2.27. The van der Waals surface area contributed by atoms with Crippen LogP contribution in [0.5, 0.6) is 0 Å². The third kappa shape index (κ3) is 5.90. The Morgan fingerprint density at radius 2 is 1.75 bits per heavy atom. The Hall–Kier alpha value is -1.79. The molecular formula is C13H22N2O5. The molecule has 0 aromatic heterocycles. The molecule has 0 radical (unpaired) electrons.